The number of amides is 1. The highest BCUT2D eigenvalue weighted by molar-refractivity contribution is 7.92. The minimum absolute atomic E-state index is 0.0357. The van der Waals surface area contributed by atoms with E-state index in [4.69, 9.17) is 4.42 Å². The molecule has 1 amide bonds. The van der Waals surface area contributed by atoms with Gasteiger partial charge in [0, 0.05) is 34.6 Å². The van der Waals surface area contributed by atoms with Crippen LogP contribution in [-0.4, -0.2) is 29.5 Å². The molecule has 1 saturated carbocycles. The topological polar surface area (TPSA) is 127 Å². The van der Waals surface area contributed by atoms with Gasteiger partial charge in [0.25, 0.3) is 10.0 Å². The first-order valence-electron chi connectivity index (χ1n) is 10.6. The Morgan fingerprint density at radius 2 is 1.59 bits per heavy atom. The zero-order valence-electron chi connectivity index (χ0n) is 18.2. The number of hydrogen-bond acceptors (Lipinski definition) is 7. The number of carbonyl (C=O) groups excluding carboxylic acids is 1. The zero-order valence-corrected chi connectivity index (χ0v) is 19.0. The van der Waals surface area contributed by atoms with Gasteiger partial charge in [0.1, 0.15) is 0 Å². The summed E-state index contributed by atoms with van der Waals surface area (Å²) in [7, 11) is -3.91. The van der Waals surface area contributed by atoms with Crippen LogP contribution in [0.5, 0.6) is 0 Å². The lowest BCUT2D eigenvalue weighted by atomic mass is 10.1. The molecule has 0 spiro atoms. The first kappa shape index (κ1) is 21.8. The monoisotopic (exact) mass is 475 g/mol. The molecular formula is C24H21N5O4S. The van der Waals surface area contributed by atoms with Gasteiger partial charge in [0.15, 0.2) is 0 Å². The van der Waals surface area contributed by atoms with Crippen LogP contribution in [0.15, 0.2) is 82.4 Å². The predicted octanol–water partition coefficient (Wildman–Crippen LogP) is 4.34. The third-order valence-corrected chi connectivity index (χ3v) is 7.04. The summed E-state index contributed by atoms with van der Waals surface area (Å²) in [6.45, 7) is 1.91. The van der Waals surface area contributed by atoms with Gasteiger partial charge in [-0.05, 0) is 61.4 Å². The number of sulfonamides is 1. The molecule has 0 bridgehead atoms. The maximum Gasteiger partial charge on any atom is 0.261 e. The van der Waals surface area contributed by atoms with Crippen molar-refractivity contribution in [3.05, 3.63) is 73.1 Å². The van der Waals surface area contributed by atoms with Gasteiger partial charge in [-0.1, -0.05) is 19.1 Å². The summed E-state index contributed by atoms with van der Waals surface area (Å²) >= 11 is 0. The van der Waals surface area contributed by atoms with Crippen LogP contribution in [0.1, 0.15) is 19.8 Å². The summed E-state index contributed by atoms with van der Waals surface area (Å²) in [6.07, 6.45) is 4.94. The van der Waals surface area contributed by atoms with E-state index in [1.165, 1.54) is 12.1 Å². The van der Waals surface area contributed by atoms with Crippen molar-refractivity contribution in [2.45, 2.75) is 24.7 Å². The molecule has 1 fully saturated rings. The Hall–Kier alpha value is -4.05. The fourth-order valence-electron chi connectivity index (χ4n) is 3.32. The molecule has 2 N–H and O–H groups in total. The minimum atomic E-state index is -3.91. The second kappa shape index (κ2) is 8.38. The summed E-state index contributed by atoms with van der Waals surface area (Å²) in [6, 6.07) is 16.3. The number of nitrogens with zero attached hydrogens (tertiary/aromatic N) is 3. The molecule has 9 nitrogen and oxygen atoms in total. The van der Waals surface area contributed by atoms with Crippen LogP contribution in [-0.2, 0) is 14.8 Å². The maximum atomic E-state index is 13.0. The lowest BCUT2D eigenvalue weighted by molar-refractivity contribution is -0.120. The van der Waals surface area contributed by atoms with E-state index >= 15 is 0 Å². The summed E-state index contributed by atoms with van der Waals surface area (Å²) in [5.74, 6) is 0.441. The van der Waals surface area contributed by atoms with Crippen LogP contribution in [0.25, 0.3) is 22.9 Å². The standard InChI is InChI=1S/C24H21N5O4S/c1-24(10-11-24)23(30)26-18-5-3-6-19(15-18)29-34(31,32)20-7-2-4-17(14-20)22-28-27-21(33-22)16-8-12-25-13-9-16/h2-9,12-15,29H,10-11H2,1H3,(H,26,30). The van der Waals surface area contributed by atoms with E-state index in [0.717, 1.165) is 12.8 Å². The van der Waals surface area contributed by atoms with Gasteiger partial charge < -0.3 is 9.73 Å². The van der Waals surface area contributed by atoms with Crippen LogP contribution < -0.4 is 10.0 Å². The Labute approximate surface area is 196 Å². The molecule has 10 heteroatoms. The number of pyridine rings is 1. The molecule has 0 radical (unpaired) electrons. The van der Waals surface area contributed by atoms with E-state index in [1.54, 1.807) is 60.9 Å². The SMILES string of the molecule is CC1(C(=O)Nc2cccc(NS(=O)(=O)c3cccc(-c4nnc(-c5ccncc5)o4)c3)c2)CC1. The van der Waals surface area contributed by atoms with Crippen molar-refractivity contribution in [1.82, 2.24) is 15.2 Å². The highest BCUT2D eigenvalue weighted by atomic mass is 32.2. The summed E-state index contributed by atoms with van der Waals surface area (Å²) in [5, 5.41) is 10.9. The molecule has 1 aliphatic rings. The molecule has 2 aromatic heterocycles. The van der Waals surface area contributed by atoms with Crippen molar-refractivity contribution < 1.29 is 17.6 Å². The molecule has 34 heavy (non-hydrogen) atoms. The highest BCUT2D eigenvalue weighted by Gasteiger charge is 2.44. The van der Waals surface area contributed by atoms with E-state index < -0.39 is 10.0 Å². The minimum Gasteiger partial charge on any atom is -0.416 e. The van der Waals surface area contributed by atoms with Crippen LogP contribution in [0.2, 0.25) is 0 Å². The van der Waals surface area contributed by atoms with Crippen LogP contribution in [0.4, 0.5) is 11.4 Å². The fourth-order valence-corrected chi connectivity index (χ4v) is 4.41. The Bertz CT molecular complexity index is 1460. The summed E-state index contributed by atoms with van der Waals surface area (Å²) in [4.78, 5) is 16.3. The largest absolute Gasteiger partial charge is 0.416 e. The van der Waals surface area contributed by atoms with Gasteiger partial charge in [-0.15, -0.1) is 10.2 Å². The highest BCUT2D eigenvalue weighted by Crippen LogP contribution is 2.45. The van der Waals surface area contributed by atoms with E-state index in [1.807, 2.05) is 6.92 Å². The second-order valence-electron chi connectivity index (χ2n) is 8.38. The average molecular weight is 476 g/mol. The van der Waals surface area contributed by atoms with E-state index in [2.05, 4.69) is 25.2 Å². The molecule has 0 atom stereocenters. The van der Waals surface area contributed by atoms with E-state index in [0.29, 0.717) is 28.4 Å². The molecule has 172 valence electrons. The molecule has 0 saturated heterocycles. The predicted molar refractivity (Wildman–Crippen MR) is 126 cm³/mol. The number of rotatable bonds is 7. The van der Waals surface area contributed by atoms with Gasteiger partial charge in [-0.25, -0.2) is 8.42 Å². The summed E-state index contributed by atoms with van der Waals surface area (Å²) in [5.41, 5.74) is 1.71. The number of anilines is 2. The Kier molecular flexibility index (Phi) is 5.37. The van der Waals surface area contributed by atoms with Crippen molar-refractivity contribution >= 4 is 27.3 Å². The quantitative estimate of drug-likeness (QED) is 0.407. The van der Waals surface area contributed by atoms with Gasteiger partial charge in [-0.3, -0.25) is 14.5 Å². The van der Waals surface area contributed by atoms with Gasteiger partial charge in [0.05, 0.1) is 10.6 Å². The fraction of sp³-hybridized carbons (Fsp3) is 0.167. The lowest BCUT2D eigenvalue weighted by Crippen LogP contribution is -2.21. The van der Waals surface area contributed by atoms with E-state index in [9.17, 15) is 13.2 Å². The molecule has 0 aliphatic heterocycles. The van der Waals surface area contributed by atoms with Crippen LogP contribution >= 0.6 is 0 Å². The van der Waals surface area contributed by atoms with E-state index in [-0.39, 0.29) is 22.1 Å². The molecule has 2 aromatic carbocycles. The molecule has 1 aliphatic carbocycles. The van der Waals surface area contributed by atoms with Crippen molar-refractivity contribution in [3.8, 4) is 22.9 Å². The van der Waals surface area contributed by atoms with Gasteiger partial charge in [-0.2, -0.15) is 0 Å². The van der Waals surface area contributed by atoms with Crippen molar-refractivity contribution in [3.63, 3.8) is 0 Å². The zero-order chi connectivity index (χ0) is 23.8. The molecule has 5 rings (SSSR count). The molecule has 2 heterocycles. The first-order valence-corrected chi connectivity index (χ1v) is 12.1. The van der Waals surface area contributed by atoms with Gasteiger partial charge in [0.2, 0.25) is 17.7 Å². The van der Waals surface area contributed by atoms with Gasteiger partial charge >= 0.3 is 0 Å². The normalized spacial score (nSPS) is 14.4. The number of benzene rings is 2. The maximum absolute atomic E-state index is 13.0. The third kappa shape index (κ3) is 4.53. The average Bonchev–Trinajstić information content (AvgIpc) is 3.40. The molecule has 0 unspecified atom stereocenters. The number of hydrogen-bond donors (Lipinski definition) is 2. The lowest BCUT2D eigenvalue weighted by Gasteiger charge is -2.12. The van der Waals surface area contributed by atoms with Crippen LogP contribution in [0, 0.1) is 5.41 Å². The van der Waals surface area contributed by atoms with Crippen LogP contribution in [0.3, 0.4) is 0 Å². The van der Waals surface area contributed by atoms with Crippen molar-refractivity contribution in [1.29, 1.82) is 0 Å². The van der Waals surface area contributed by atoms with Crippen molar-refractivity contribution in [2.24, 2.45) is 5.41 Å². The molecule has 4 aromatic rings. The Morgan fingerprint density at radius 3 is 2.32 bits per heavy atom. The first-order chi connectivity index (χ1) is 16.3. The Morgan fingerprint density at radius 1 is 0.912 bits per heavy atom. The van der Waals surface area contributed by atoms with Crippen molar-refractivity contribution in [2.75, 3.05) is 10.0 Å². The smallest absolute Gasteiger partial charge is 0.261 e. The third-order valence-electron chi connectivity index (χ3n) is 5.66. The Balaban J connectivity index is 1.35. The second-order valence-corrected chi connectivity index (χ2v) is 10.1. The summed E-state index contributed by atoms with van der Waals surface area (Å²) < 4.78 is 34.4. The number of nitrogens with one attached hydrogen (secondary N) is 2. The number of aromatic nitrogens is 3. The molecular weight excluding hydrogens is 454 g/mol. The number of carbonyl (C=O) groups is 1.